The van der Waals surface area contributed by atoms with Crippen LogP contribution in [0.25, 0.3) is 0 Å². The molecule has 0 saturated heterocycles. The second-order valence-corrected chi connectivity index (χ2v) is 18.3. The molecule has 0 bridgehead atoms. The summed E-state index contributed by atoms with van der Waals surface area (Å²) in [5.74, 6) is 8.13. The van der Waals surface area contributed by atoms with Crippen LogP contribution in [-0.2, 0) is 30.5 Å². The molecule has 2 atom stereocenters. The summed E-state index contributed by atoms with van der Waals surface area (Å²) in [5.41, 5.74) is 7.05. The average Bonchev–Trinajstić information content (AvgIpc) is 3.69. The zero-order valence-corrected chi connectivity index (χ0v) is 35.2. The Morgan fingerprint density at radius 2 is 1.65 bits per heavy atom. The lowest BCUT2D eigenvalue weighted by molar-refractivity contribution is -0.401. The standard InChI is InChI=1S/C46H58N4O6S/c1-32-22-24-40-37(29-32)46(4,5)42(20-14-9-13-19-41-45(2,3)38-30-33(57(53,54)55)23-25-39(38)49(41)6)50(40)28-16-10-15-21-43(51)47-26-27-48-44(52)56-31-36-34-17-11-7-8-12-18-35(34)36/h9,13-14,19-20,22-25,29-30,34-36H,10-12,15-18,21,26-28,31H2,1-6H3,(H2-,47,48,51,52,53,54,55)/p+1. The minimum Gasteiger partial charge on any atom is -0.449 e. The zero-order valence-electron chi connectivity index (χ0n) is 34.4. The molecule has 10 nitrogen and oxygen atoms in total. The number of ether oxygens (including phenoxy) is 1. The lowest BCUT2D eigenvalue weighted by Crippen LogP contribution is -2.35. The third kappa shape index (κ3) is 9.56. The van der Waals surface area contributed by atoms with Crippen molar-refractivity contribution in [3.8, 4) is 11.8 Å². The summed E-state index contributed by atoms with van der Waals surface area (Å²) in [6.45, 7) is 12.8. The van der Waals surface area contributed by atoms with Crippen LogP contribution in [-0.4, -0.2) is 68.5 Å². The fourth-order valence-electron chi connectivity index (χ4n) is 9.06. The van der Waals surface area contributed by atoms with Gasteiger partial charge in [-0.25, -0.2) is 4.79 Å². The molecule has 2 aliphatic heterocycles. The van der Waals surface area contributed by atoms with Gasteiger partial charge in [-0.2, -0.15) is 13.0 Å². The minimum atomic E-state index is -4.30. The Morgan fingerprint density at radius 1 is 0.930 bits per heavy atom. The number of carbonyl (C=O) groups is 2. The number of hydrogen-bond acceptors (Lipinski definition) is 6. The smallest absolute Gasteiger partial charge is 0.407 e. The highest BCUT2D eigenvalue weighted by Crippen LogP contribution is 2.52. The molecule has 2 heterocycles. The quantitative estimate of drug-likeness (QED) is 0.0551. The number of unbranched alkanes of at least 4 members (excludes halogenated alkanes) is 2. The fraction of sp³-hybridized carbons (Fsp3) is 0.500. The second kappa shape index (κ2) is 17.5. The molecular formula is C46H59N4O6S+. The van der Waals surface area contributed by atoms with Crippen LogP contribution in [0.2, 0.25) is 0 Å². The number of alkyl carbamates (subject to hydrolysis) is 1. The first-order valence-electron chi connectivity index (χ1n) is 20.4. The van der Waals surface area contributed by atoms with E-state index in [2.05, 4.69) is 103 Å². The van der Waals surface area contributed by atoms with Gasteiger partial charge in [-0.15, -0.1) is 11.8 Å². The summed E-state index contributed by atoms with van der Waals surface area (Å²) in [6.07, 6.45) is 17.1. The van der Waals surface area contributed by atoms with Crippen molar-refractivity contribution >= 4 is 39.2 Å². The van der Waals surface area contributed by atoms with Gasteiger partial charge in [0.05, 0.1) is 16.9 Å². The Labute approximate surface area is 339 Å². The van der Waals surface area contributed by atoms with Gasteiger partial charge in [-0.1, -0.05) is 56.2 Å². The van der Waals surface area contributed by atoms with E-state index in [1.165, 1.54) is 28.6 Å². The highest BCUT2D eigenvalue weighted by Gasteiger charge is 2.49. The van der Waals surface area contributed by atoms with Crippen molar-refractivity contribution < 1.29 is 31.9 Å². The molecule has 6 rings (SSSR count). The molecule has 2 amide bonds. The number of allylic oxidation sites excluding steroid dienone is 6. The molecule has 4 aliphatic rings. The number of rotatable bonds is 15. The molecule has 0 spiro atoms. The van der Waals surface area contributed by atoms with E-state index in [4.69, 9.17) is 4.74 Å². The number of benzene rings is 2. The van der Waals surface area contributed by atoms with E-state index in [9.17, 15) is 22.6 Å². The lowest BCUT2D eigenvalue weighted by Gasteiger charge is -2.27. The molecule has 1 saturated carbocycles. The van der Waals surface area contributed by atoms with Gasteiger partial charge in [0, 0.05) is 73.4 Å². The Morgan fingerprint density at radius 3 is 2.37 bits per heavy atom. The van der Waals surface area contributed by atoms with E-state index in [1.807, 2.05) is 19.2 Å². The molecule has 2 unspecified atom stereocenters. The maximum atomic E-state index is 12.5. The van der Waals surface area contributed by atoms with Crippen LogP contribution in [0.1, 0.15) is 95.8 Å². The first-order valence-corrected chi connectivity index (χ1v) is 21.8. The molecule has 57 heavy (non-hydrogen) atoms. The molecule has 1 fully saturated rings. The third-order valence-electron chi connectivity index (χ3n) is 12.3. The molecule has 0 aromatic heterocycles. The number of aryl methyl sites for hydroxylation is 1. The SMILES string of the molecule is Cc1ccc2c(c1)C(C)(C)C(=CC=CC=CC1=[N+](C)c3ccc(S(=O)(=O)O)cc3C1(C)C)N2CCCCCC(=O)NCCNC(=O)OCC1C2CCC#CCCC21. The van der Waals surface area contributed by atoms with Crippen molar-refractivity contribution in [2.45, 2.75) is 102 Å². The summed E-state index contributed by atoms with van der Waals surface area (Å²) < 4.78 is 40.8. The van der Waals surface area contributed by atoms with Gasteiger partial charge >= 0.3 is 6.09 Å². The predicted molar refractivity (Wildman–Crippen MR) is 226 cm³/mol. The minimum absolute atomic E-state index is 0.0134. The number of amides is 2. The van der Waals surface area contributed by atoms with E-state index < -0.39 is 21.6 Å². The number of carbonyl (C=O) groups excluding carboxylic acids is 2. The van der Waals surface area contributed by atoms with Gasteiger partial charge in [-0.05, 0) is 94.0 Å². The number of nitrogens with one attached hydrogen (secondary N) is 2. The molecule has 2 aromatic rings. The van der Waals surface area contributed by atoms with Gasteiger partial charge < -0.3 is 20.3 Å². The summed E-state index contributed by atoms with van der Waals surface area (Å²) in [6, 6.07) is 11.4. The Kier molecular flexibility index (Phi) is 12.8. The molecule has 2 aromatic carbocycles. The van der Waals surface area contributed by atoms with Gasteiger partial charge in [-0.3, -0.25) is 9.35 Å². The van der Waals surface area contributed by atoms with Gasteiger partial charge in [0.15, 0.2) is 5.71 Å². The molecule has 2 aliphatic carbocycles. The van der Waals surface area contributed by atoms with Gasteiger partial charge in [0.2, 0.25) is 11.6 Å². The first-order chi connectivity index (χ1) is 27.1. The van der Waals surface area contributed by atoms with Crippen LogP contribution in [0.4, 0.5) is 16.2 Å². The van der Waals surface area contributed by atoms with Crippen LogP contribution in [0.3, 0.4) is 0 Å². The number of nitrogens with zero attached hydrogens (tertiary/aromatic N) is 2. The topological polar surface area (TPSA) is 128 Å². The molecule has 3 N–H and O–H groups in total. The second-order valence-electron chi connectivity index (χ2n) is 16.9. The highest BCUT2D eigenvalue weighted by atomic mass is 32.2. The molecular weight excluding hydrogens is 737 g/mol. The van der Waals surface area contributed by atoms with E-state index in [-0.39, 0.29) is 16.2 Å². The summed E-state index contributed by atoms with van der Waals surface area (Å²) >= 11 is 0. The summed E-state index contributed by atoms with van der Waals surface area (Å²) in [4.78, 5) is 27.1. The number of anilines is 1. The first kappa shape index (κ1) is 42.0. The van der Waals surface area contributed by atoms with Gasteiger partial charge in [0.25, 0.3) is 10.1 Å². The maximum Gasteiger partial charge on any atom is 0.407 e. The van der Waals surface area contributed by atoms with Crippen LogP contribution < -0.4 is 15.5 Å². The van der Waals surface area contributed by atoms with Crippen molar-refractivity contribution in [2.24, 2.45) is 17.8 Å². The third-order valence-corrected chi connectivity index (χ3v) is 13.2. The van der Waals surface area contributed by atoms with Crippen LogP contribution in [0, 0.1) is 36.5 Å². The largest absolute Gasteiger partial charge is 0.449 e. The van der Waals surface area contributed by atoms with E-state index in [0.29, 0.717) is 43.9 Å². The number of hydrogen-bond donors (Lipinski definition) is 3. The fourth-order valence-corrected chi connectivity index (χ4v) is 9.56. The molecule has 304 valence electrons. The monoisotopic (exact) mass is 795 g/mol. The van der Waals surface area contributed by atoms with Gasteiger partial charge in [0.1, 0.15) is 7.05 Å². The Bertz CT molecular complexity index is 2150. The highest BCUT2D eigenvalue weighted by molar-refractivity contribution is 7.85. The summed E-state index contributed by atoms with van der Waals surface area (Å²) in [5, 5.41) is 5.68. The van der Waals surface area contributed by atoms with E-state index in [0.717, 1.165) is 68.5 Å². The van der Waals surface area contributed by atoms with Crippen molar-refractivity contribution in [3.05, 3.63) is 89.2 Å². The van der Waals surface area contributed by atoms with Crippen LogP contribution >= 0.6 is 0 Å². The molecule has 11 heteroatoms. The normalized spacial score (nSPS) is 22.4. The Balaban J connectivity index is 0.966. The van der Waals surface area contributed by atoms with E-state index in [1.54, 1.807) is 12.1 Å². The van der Waals surface area contributed by atoms with Crippen molar-refractivity contribution in [3.63, 3.8) is 0 Å². The lowest BCUT2D eigenvalue weighted by atomic mass is 9.81. The predicted octanol–water partition coefficient (Wildman–Crippen LogP) is 7.88. The summed E-state index contributed by atoms with van der Waals surface area (Å²) in [7, 11) is -2.34. The van der Waals surface area contributed by atoms with Crippen molar-refractivity contribution in [1.82, 2.24) is 10.6 Å². The van der Waals surface area contributed by atoms with Crippen LogP contribution in [0.15, 0.2) is 77.4 Å². The number of fused-ring (bicyclic) bond motifs is 3. The average molecular weight is 796 g/mol. The van der Waals surface area contributed by atoms with E-state index >= 15 is 0 Å². The van der Waals surface area contributed by atoms with Crippen molar-refractivity contribution in [1.29, 1.82) is 0 Å². The molecule has 0 radical (unpaired) electrons. The maximum absolute atomic E-state index is 12.5. The zero-order chi connectivity index (χ0) is 41.0. The Hall–Kier alpha value is -4.66. The van der Waals surface area contributed by atoms with Crippen molar-refractivity contribution in [2.75, 3.05) is 38.2 Å². The van der Waals surface area contributed by atoms with Crippen LogP contribution in [0.5, 0.6) is 0 Å².